The van der Waals surface area contributed by atoms with Gasteiger partial charge in [-0.05, 0) is 35.4 Å². The van der Waals surface area contributed by atoms with Crippen LogP contribution in [0.1, 0.15) is 11.1 Å². The van der Waals surface area contributed by atoms with E-state index >= 15 is 0 Å². The molecule has 0 fully saturated rings. The van der Waals surface area contributed by atoms with E-state index in [1.165, 1.54) is 5.56 Å². The van der Waals surface area contributed by atoms with Crippen LogP contribution in [0.4, 0.5) is 0 Å². The van der Waals surface area contributed by atoms with Crippen molar-refractivity contribution in [3.8, 4) is 0 Å². The van der Waals surface area contributed by atoms with Gasteiger partial charge in [0.2, 0.25) is 0 Å². The van der Waals surface area contributed by atoms with E-state index in [1.807, 2.05) is 18.3 Å². The molecule has 2 aromatic rings. The topological polar surface area (TPSA) is 26.2 Å². The minimum atomic E-state index is 0.706. The van der Waals surface area contributed by atoms with Crippen LogP contribution < -0.4 is 5.32 Å². The second-order valence-electron chi connectivity index (χ2n) is 4.60. The molecule has 2 rings (SSSR count). The van der Waals surface area contributed by atoms with Crippen LogP contribution in [0.25, 0.3) is 0 Å². The lowest BCUT2D eigenvalue weighted by molar-refractivity contribution is 0.199. The van der Waals surface area contributed by atoms with Gasteiger partial charge in [-0.1, -0.05) is 23.2 Å². The third-order valence-corrected chi connectivity index (χ3v) is 3.59. The number of methoxy groups -OCH3 is 1. The highest BCUT2D eigenvalue weighted by Gasteiger charge is 2.03. The monoisotopic (exact) mass is 312 g/mol. The van der Waals surface area contributed by atoms with Gasteiger partial charge < -0.3 is 14.6 Å². The van der Waals surface area contributed by atoms with Crippen LogP contribution >= 0.6 is 23.2 Å². The molecule has 0 aliphatic carbocycles. The Labute approximate surface area is 129 Å². The molecule has 1 aromatic carbocycles. The third-order valence-electron chi connectivity index (χ3n) is 2.98. The molecule has 0 saturated heterocycles. The average molecular weight is 313 g/mol. The summed E-state index contributed by atoms with van der Waals surface area (Å²) in [5, 5.41) is 4.76. The van der Waals surface area contributed by atoms with E-state index in [9.17, 15) is 0 Å². The Kier molecular flexibility index (Phi) is 5.92. The molecule has 0 bridgehead atoms. The maximum Gasteiger partial charge on any atom is 0.0587 e. The number of ether oxygens (including phenoxy) is 1. The van der Waals surface area contributed by atoms with Crippen LogP contribution in [0.3, 0.4) is 0 Å². The summed E-state index contributed by atoms with van der Waals surface area (Å²) in [5.74, 6) is 0. The normalized spacial score (nSPS) is 10.9. The maximum atomic E-state index is 6.17. The summed E-state index contributed by atoms with van der Waals surface area (Å²) in [6, 6.07) is 7.63. The van der Waals surface area contributed by atoms with E-state index in [0.717, 1.165) is 36.8 Å². The molecule has 0 atom stereocenters. The molecule has 0 saturated carbocycles. The van der Waals surface area contributed by atoms with Gasteiger partial charge in [0.25, 0.3) is 0 Å². The lowest BCUT2D eigenvalue weighted by Gasteiger charge is -2.06. The standard InChI is InChI=1S/C15H18Cl2N2O/c1-20-7-5-18-9-12-4-6-19(10-12)11-13-8-14(16)2-3-15(13)17/h2-4,6,8,10,18H,5,7,9,11H2,1H3. The van der Waals surface area contributed by atoms with Crippen LogP contribution in [0.15, 0.2) is 36.7 Å². The van der Waals surface area contributed by atoms with Gasteiger partial charge in [0.1, 0.15) is 0 Å². The first-order chi connectivity index (χ1) is 9.69. The third kappa shape index (κ3) is 4.53. The molecule has 0 radical (unpaired) electrons. The summed E-state index contributed by atoms with van der Waals surface area (Å²) in [6.45, 7) is 3.12. The fourth-order valence-corrected chi connectivity index (χ4v) is 2.33. The summed E-state index contributed by atoms with van der Waals surface area (Å²) in [5.41, 5.74) is 2.26. The van der Waals surface area contributed by atoms with Gasteiger partial charge in [0.15, 0.2) is 0 Å². The van der Waals surface area contributed by atoms with Crippen LogP contribution in [-0.4, -0.2) is 24.8 Å². The Balaban J connectivity index is 1.93. The second kappa shape index (κ2) is 7.70. The minimum absolute atomic E-state index is 0.706. The number of nitrogens with one attached hydrogen (secondary N) is 1. The fourth-order valence-electron chi connectivity index (χ4n) is 1.96. The molecule has 1 N–H and O–H groups in total. The van der Waals surface area contributed by atoms with E-state index < -0.39 is 0 Å². The Morgan fingerprint density at radius 2 is 2.10 bits per heavy atom. The molecule has 1 heterocycles. The zero-order valence-corrected chi connectivity index (χ0v) is 12.9. The zero-order valence-electron chi connectivity index (χ0n) is 11.4. The van der Waals surface area contributed by atoms with Crippen molar-refractivity contribution in [2.24, 2.45) is 0 Å². The maximum absolute atomic E-state index is 6.17. The Hall–Kier alpha value is -1.00. The zero-order chi connectivity index (χ0) is 14.4. The number of hydrogen-bond acceptors (Lipinski definition) is 2. The van der Waals surface area contributed by atoms with Crippen molar-refractivity contribution in [1.29, 1.82) is 0 Å². The fraction of sp³-hybridized carbons (Fsp3) is 0.333. The van der Waals surface area contributed by atoms with Crippen molar-refractivity contribution in [3.63, 3.8) is 0 Å². The highest BCUT2D eigenvalue weighted by Crippen LogP contribution is 2.21. The number of hydrogen-bond donors (Lipinski definition) is 1. The van der Waals surface area contributed by atoms with Gasteiger partial charge in [-0.3, -0.25) is 0 Å². The van der Waals surface area contributed by atoms with E-state index in [-0.39, 0.29) is 0 Å². The van der Waals surface area contributed by atoms with E-state index in [4.69, 9.17) is 27.9 Å². The van der Waals surface area contributed by atoms with Gasteiger partial charge in [-0.2, -0.15) is 0 Å². The average Bonchev–Trinajstić information content (AvgIpc) is 2.87. The second-order valence-corrected chi connectivity index (χ2v) is 5.44. The molecule has 0 aliphatic heterocycles. The molecule has 1 aromatic heterocycles. The molecule has 108 valence electrons. The lowest BCUT2D eigenvalue weighted by Crippen LogP contribution is -2.18. The van der Waals surface area contributed by atoms with Crippen molar-refractivity contribution in [3.05, 3.63) is 57.8 Å². The highest BCUT2D eigenvalue weighted by molar-refractivity contribution is 6.33. The van der Waals surface area contributed by atoms with E-state index in [0.29, 0.717) is 5.02 Å². The summed E-state index contributed by atoms with van der Waals surface area (Å²) in [6.07, 6.45) is 4.15. The van der Waals surface area contributed by atoms with E-state index in [2.05, 4.69) is 22.1 Å². The summed E-state index contributed by atoms with van der Waals surface area (Å²) in [4.78, 5) is 0. The SMILES string of the molecule is COCCNCc1ccn(Cc2cc(Cl)ccc2Cl)c1. The first-order valence-electron chi connectivity index (χ1n) is 6.47. The van der Waals surface area contributed by atoms with Crippen LogP contribution in [0.2, 0.25) is 10.0 Å². The lowest BCUT2D eigenvalue weighted by atomic mass is 10.2. The predicted molar refractivity (Wildman–Crippen MR) is 83.6 cm³/mol. The number of halogens is 2. The van der Waals surface area contributed by atoms with E-state index in [1.54, 1.807) is 13.2 Å². The first-order valence-corrected chi connectivity index (χ1v) is 7.23. The van der Waals surface area contributed by atoms with Crippen molar-refractivity contribution in [1.82, 2.24) is 9.88 Å². The van der Waals surface area contributed by atoms with Gasteiger partial charge in [0, 0.05) is 49.2 Å². The van der Waals surface area contributed by atoms with Crippen molar-refractivity contribution in [2.75, 3.05) is 20.3 Å². The van der Waals surface area contributed by atoms with Crippen LogP contribution in [-0.2, 0) is 17.8 Å². The highest BCUT2D eigenvalue weighted by atomic mass is 35.5. The molecular formula is C15H18Cl2N2O. The van der Waals surface area contributed by atoms with Crippen molar-refractivity contribution >= 4 is 23.2 Å². The van der Waals surface area contributed by atoms with Crippen LogP contribution in [0, 0.1) is 0 Å². The number of rotatable bonds is 7. The number of nitrogens with zero attached hydrogens (tertiary/aromatic N) is 1. The molecule has 0 amide bonds. The predicted octanol–water partition coefficient (Wildman–Crippen LogP) is 3.58. The quantitative estimate of drug-likeness (QED) is 0.791. The molecule has 20 heavy (non-hydrogen) atoms. The van der Waals surface area contributed by atoms with Gasteiger partial charge >= 0.3 is 0 Å². The van der Waals surface area contributed by atoms with Crippen molar-refractivity contribution in [2.45, 2.75) is 13.1 Å². The molecule has 3 nitrogen and oxygen atoms in total. The van der Waals surface area contributed by atoms with Crippen molar-refractivity contribution < 1.29 is 4.74 Å². The Morgan fingerprint density at radius 1 is 1.25 bits per heavy atom. The Morgan fingerprint density at radius 3 is 2.90 bits per heavy atom. The summed E-state index contributed by atoms with van der Waals surface area (Å²) in [7, 11) is 1.70. The minimum Gasteiger partial charge on any atom is -0.383 e. The molecule has 5 heteroatoms. The molecule has 0 spiro atoms. The first kappa shape index (κ1) is 15.4. The molecule has 0 aliphatic rings. The molecule has 0 unspecified atom stereocenters. The van der Waals surface area contributed by atoms with Gasteiger partial charge in [-0.15, -0.1) is 0 Å². The number of aromatic nitrogens is 1. The van der Waals surface area contributed by atoms with Crippen LogP contribution in [0.5, 0.6) is 0 Å². The number of benzene rings is 1. The summed E-state index contributed by atoms with van der Waals surface area (Å²) >= 11 is 12.2. The largest absolute Gasteiger partial charge is 0.383 e. The van der Waals surface area contributed by atoms with Gasteiger partial charge in [-0.25, -0.2) is 0 Å². The smallest absolute Gasteiger partial charge is 0.0587 e. The summed E-state index contributed by atoms with van der Waals surface area (Å²) < 4.78 is 7.10. The molecular weight excluding hydrogens is 295 g/mol. The Bertz CT molecular complexity index is 555. The van der Waals surface area contributed by atoms with Gasteiger partial charge in [0.05, 0.1) is 6.61 Å².